The number of piperazine rings is 1. The van der Waals surface area contributed by atoms with E-state index >= 15 is 0 Å². The highest BCUT2D eigenvalue weighted by atomic mass is 35.5. The van der Waals surface area contributed by atoms with E-state index in [9.17, 15) is 13.2 Å². The molecule has 4 rings (SSSR count). The van der Waals surface area contributed by atoms with Gasteiger partial charge in [0.05, 0.1) is 4.90 Å². The standard InChI is InChI=1S/C26H28ClN3O3S/c1-28-15-17-29(18-16-28)26(31)23-9-7-22(8-10-23)20-30(19-21-5-3-2-4-6-21)34(32,33)25-13-11-24(27)12-14-25/h2-14H,15-20H2,1H3. The summed E-state index contributed by atoms with van der Waals surface area (Å²) in [6, 6.07) is 22.9. The van der Waals surface area contributed by atoms with Gasteiger partial charge in [0.1, 0.15) is 0 Å². The first-order valence-electron chi connectivity index (χ1n) is 11.2. The smallest absolute Gasteiger partial charge is 0.253 e. The number of amides is 1. The number of benzene rings is 3. The highest BCUT2D eigenvalue weighted by molar-refractivity contribution is 7.89. The molecular weight excluding hydrogens is 470 g/mol. The fourth-order valence-corrected chi connectivity index (χ4v) is 5.46. The molecule has 1 fully saturated rings. The monoisotopic (exact) mass is 497 g/mol. The van der Waals surface area contributed by atoms with Gasteiger partial charge in [-0.3, -0.25) is 4.79 Å². The van der Waals surface area contributed by atoms with Gasteiger partial charge in [-0.25, -0.2) is 8.42 Å². The maximum absolute atomic E-state index is 13.5. The van der Waals surface area contributed by atoms with E-state index in [2.05, 4.69) is 11.9 Å². The number of rotatable bonds is 7. The van der Waals surface area contributed by atoms with Crippen LogP contribution in [0.1, 0.15) is 21.5 Å². The topological polar surface area (TPSA) is 60.9 Å². The Morgan fingerprint density at radius 1 is 0.824 bits per heavy atom. The molecule has 1 heterocycles. The van der Waals surface area contributed by atoms with Gasteiger partial charge in [0.15, 0.2) is 0 Å². The lowest BCUT2D eigenvalue weighted by molar-refractivity contribution is 0.0664. The lowest BCUT2D eigenvalue weighted by Gasteiger charge is -2.32. The zero-order valence-corrected chi connectivity index (χ0v) is 20.7. The van der Waals surface area contributed by atoms with Crippen LogP contribution in [-0.2, 0) is 23.1 Å². The Labute approximate surface area is 206 Å². The molecule has 6 nitrogen and oxygen atoms in total. The van der Waals surface area contributed by atoms with Gasteiger partial charge in [-0.1, -0.05) is 54.1 Å². The van der Waals surface area contributed by atoms with Gasteiger partial charge in [0.2, 0.25) is 10.0 Å². The van der Waals surface area contributed by atoms with Gasteiger partial charge in [-0.15, -0.1) is 0 Å². The molecular formula is C26H28ClN3O3S. The Morgan fingerprint density at radius 3 is 1.97 bits per heavy atom. The average Bonchev–Trinajstić information content (AvgIpc) is 2.85. The number of halogens is 1. The molecule has 3 aromatic carbocycles. The van der Waals surface area contributed by atoms with Crippen LogP contribution in [0.25, 0.3) is 0 Å². The highest BCUT2D eigenvalue weighted by Gasteiger charge is 2.25. The van der Waals surface area contributed by atoms with Crippen LogP contribution in [0.15, 0.2) is 83.8 Å². The van der Waals surface area contributed by atoms with Crippen LogP contribution >= 0.6 is 11.6 Å². The second kappa shape index (κ2) is 10.7. The number of sulfonamides is 1. The molecule has 178 valence electrons. The molecule has 0 atom stereocenters. The molecule has 0 aliphatic carbocycles. The predicted molar refractivity (Wildman–Crippen MR) is 134 cm³/mol. The Morgan fingerprint density at radius 2 is 1.38 bits per heavy atom. The predicted octanol–water partition coefficient (Wildman–Crippen LogP) is 4.12. The van der Waals surface area contributed by atoms with Crippen molar-refractivity contribution < 1.29 is 13.2 Å². The van der Waals surface area contributed by atoms with Crippen molar-refractivity contribution in [2.24, 2.45) is 0 Å². The van der Waals surface area contributed by atoms with Crippen LogP contribution < -0.4 is 0 Å². The number of hydrogen-bond donors (Lipinski definition) is 0. The highest BCUT2D eigenvalue weighted by Crippen LogP contribution is 2.23. The molecule has 0 saturated carbocycles. The quantitative estimate of drug-likeness (QED) is 0.492. The van der Waals surface area contributed by atoms with Gasteiger partial charge >= 0.3 is 0 Å². The van der Waals surface area contributed by atoms with Crippen molar-refractivity contribution in [3.63, 3.8) is 0 Å². The first-order chi connectivity index (χ1) is 16.3. The molecule has 1 amide bonds. The molecule has 8 heteroatoms. The Kier molecular flexibility index (Phi) is 7.68. The lowest BCUT2D eigenvalue weighted by atomic mass is 10.1. The maximum atomic E-state index is 13.5. The Balaban J connectivity index is 1.55. The molecule has 0 unspecified atom stereocenters. The zero-order chi connectivity index (χ0) is 24.1. The molecule has 0 aromatic heterocycles. The van der Waals surface area contributed by atoms with E-state index in [0.29, 0.717) is 23.7 Å². The zero-order valence-electron chi connectivity index (χ0n) is 19.1. The van der Waals surface area contributed by atoms with Crippen molar-refractivity contribution in [1.29, 1.82) is 0 Å². The third kappa shape index (κ3) is 5.85. The van der Waals surface area contributed by atoms with Crippen LogP contribution in [0.5, 0.6) is 0 Å². The van der Waals surface area contributed by atoms with Gasteiger partial charge in [-0.05, 0) is 54.6 Å². The van der Waals surface area contributed by atoms with Crippen molar-refractivity contribution in [3.8, 4) is 0 Å². The molecule has 0 radical (unpaired) electrons. The third-order valence-electron chi connectivity index (χ3n) is 6.00. The second-order valence-corrected chi connectivity index (χ2v) is 10.9. The summed E-state index contributed by atoms with van der Waals surface area (Å²) in [5.74, 6) is 0.00887. The van der Waals surface area contributed by atoms with E-state index in [1.165, 1.54) is 16.4 Å². The van der Waals surface area contributed by atoms with Gasteiger partial charge in [-0.2, -0.15) is 4.31 Å². The minimum atomic E-state index is -3.77. The van der Waals surface area contributed by atoms with Crippen LogP contribution in [0.4, 0.5) is 0 Å². The van der Waals surface area contributed by atoms with Crippen molar-refractivity contribution in [2.45, 2.75) is 18.0 Å². The van der Waals surface area contributed by atoms with Gasteiger partial charge < -0.3 is 9.80 Å². The van der Waals surface area contributed by atoms with Gasteiger partial charge in [0.25, 0.3) is 5.91 Å². The molecule has 0 bridgehead atoms. The minimum absolute atomic E-state index is 0.00887. The lowest BCUT2D eigenvalue weighted by Crippen LogP contribution is -2.47. The summed E-state index contributed by atoms with van der Waals surface area (Å²) in [4.78, 5) is 17.1. The van der Waals surface area contributed by atoms with Crippen LogP contribution in [0.3, 0.4) is 0 Å². The largest absolute Gasteiger partial charge is 0.336 e. The summed E-state index contributed by atoms with van der Waals surface area (Å²) in [6.45, 7) is 3.56. The van der Waals surface area contributed by atoms with E-state index in [1.807, 2.05) is 47.4 Å². The molecule has 1 aliphatic rings. The first kappa shape index (κ1) is 24.4. The molecule has 1 saturated heterocycles. The van der Waals surface area contributed by atoms with Crippen molar-refractivity contribution >= 4 is 27.5 Å². The Bertz CT molecular complexity index is 1210. The van der Waals surface area contributed by atoms with Crippen molar-refractivity contribution in [2.75, 3.05) is 33.2 Å². The number of hydrogen-bond acceptors (Lipinski definition) is 4. The third-order valence-corrected chi connectivity index (χ3v) is 8.06. The van der Waals surface area contributed by atoms with Crippen molar-refractivity contribution in [3.05, 3.63) is 101 Å². The molecule has 3 aromatic rings. The summed E-state index contributed by atoms with van der Waals surface area (Å²) < 4.78 is 28.4. The summed E-state index contributed by atoms with van der Waals surface area (Å²) in [7, 11) is -1.72. The number of nitrogens with zero attached hydrogens (tertiary/aromatic N) is 3. The molecule has 0 spiro atoms. The van der Waals surface area contributed by atoms with Crippen LogP contribution in [-0.4, -0.2) is 61.7 Å². The van der Waals surface area contributed by atoms with Crippen molar-refractivity contribution in [1.82, 2.24) is 14.1 Å². The number of carbonyl (C=O) groups excluding carboxylic acids is 1. The molecule has 34 heavy (non-hydrogen) atoms. The summed E-state index contributed by atoms with van der Waals surface area (Å²) in [5, 5.41) is 0.481. The Hall–Kier alpha value is -2.71. The summed E-state index contributed by atoms with van der Waals surface area (Å²) in [5.41, 5.74) is 2.31. The SMILES string of the molecule is CN1CCN(C(=O)c2ccc(CN(Cc3ccccc3)S(=O)(=O)c3ccc(Cl)cc3)cc2)CC1. The minimum Gasteiger partial charge on any atom is -0.336 e. The number of likely N-dealkylation sites (N-methyl/N-ethyl adjacent to an activating group) is 1. The second-order valence-electron chi connectivity index (χ2n) is 8.51. The number of carbonyl (C=O) groups is 1. The fraction of sp³-hybridized carbons (Fsp3) is 0.269. The fourth-order valence-electron chi connectivity index (χ4n) is 3.92. The van der Waals surface area contributed by atoms with Gasteiger partial charge in [0, 0.05) is 49.9 Å². The first-order valence-corrected chi connectivity index (χ1v) is 13.0. The van der Waals surface area contributed by atoms with E-state index < -0.39 is 10.0 Å². The average molecular weight is 498 g/mol. The normalized spacial score (nSPS) is 15.0. The van der Waals surface area contributed by atoms with Crippen LogP contribution in [0.2, 0.25) is 5.02 Å². The maximum Gasteiger partial charge on any atom is 0.253 e. The molecule has 0 N–H and O–H groups in total. The van der Waals surface area contributed by atoms with E-state index in [4.69, 9.17) is 11.6 Å². The summed E-state index contributed by atoms with van der Waals surface area (Å²) in [6.07, 6.45) is 0. The van der Waals surface area contributed by atoms with E-state index in [1.54, 1.807) is 24.3 Å². The van der Waals surface area contributed by atoms with Crippen LogP contribution in [0, 0.1) is 0 Å². The summed E-state index contributed by atoms with van der Waals surface area (Å²) >= 11 is 5.96. The van der Waals surface area contributed by atoms with E-state index in [0.717, 1.165) is 24.2 Å². The van der Waals surface area contributed by atoms with E-state index in [-0.39, 0.29) is 23.9 Å². The molecule has 1 aliphatic heterocycles.